The van der Waals surface area contributed by atoms with Crippen molar-refractivity contribution in [3.8, 4) is 0 Å². The number of benzene rings is 1. The van der Waals surface area contributed by atoms with E-state index in [9.17, 15) is 4.79 Å². The van der Waals surface area contributed by atoms with Crippen molar-refractivity contribution in [3.63, 3.8) is 0 Å². The van der Waals surface area contributed by atoms with Crippen molar-refractivity contribution in [2.75, 3.05) is 19.6 Å². The third-order valence-electron chi connectivity index (χ3n) is 3.79. The quantitative estimate of drug-likeness (QED) is 0.839. The Kier molecular flexibility index (Phi) is 6.52. The highest BCUT2D eigenvalue weighted by Gasteiger charge is 2.20. The highest BCUT2D eigenvalue weighted by atomic mass is 32.1. The van der Waals surface area contributed by atoms with Crippen molar-refractivity contribution in [3.05, 3.63) is 52.0 Å². The number of nitrogens with zero attached hydrogens (tertiary/aromatic N) is 2. The highest BCUT2D eigenvalue weighted by molar-refractivity contribution is 7.09. The number of hydrogen-bond acceptors (Lipinski definition) is 4. The molecule has 0 atom stereocenters. The zero-order valence-corrected chi connectivity index (χ0v) is 15.6. The summed E-state index contributed by atoms with van der Waals surface area (Å²) in [6, 6.07) is 10.2. The highest BCUT2D eigenvalue weighted by Crippen LogP contribution is 2.25. The molecule has 2 rings (SSSR count). The molecule has 0 unspecified atom stereocenters. The first kappa shape index (κ1) is 18.6. The summed E-state index contributed by atoms with van der Waals surface area (Å²) in [7, 11) is 0. The van der Waals surface area contributed by atoms with Gasteiger partial charge in [-0.25, -0.2) is 4.98 Å². The van der Waals surface area contributed by atoms with Gasteiger partial charge in [0.05, 0.1) is 17.1 Å². The standard InChI is InChI=1S/C19H27N3OS/c1-19(2,3)18-21-16(14-24-18)13-17(23)22(12-10-20)11-9-15-7-5-4-6-8-15/h4-8,14H,9-13,20H2,1-3H3. The first-order chi connectivity index (χ1) is 11.4. The third kappa shape index (κ3) is 5.42. The van der Waals surface area contributed by atoms with Gasteiger partial charge in [-0.3, -0.25) is 4.79 Å². The molecule has 0 bridgehead atoms. The fourth-order valence-corrected chi connectivity index (χ4v) is 3.33. The number of hydrogen-bond donors (Lipinski definition) is 1. The Hall–Kier alpha value is -1.72. The molecule has 0 saturated carbocycles. The molecule has 0 spiro atoms. The van der Waals surface area contributed by atoms with Crippen molar-refractivity contribution >= 4 is 17.2 Å². The van der Waals surface area contributed by atoms with Crippen LogP contribution in [0.5, 0.6) is 0 Å². The van der Waals surface area contributed by atoms with Crippen molar-refractivity contribution in [1.29, 1.82) is 0 Å². The molecule has 1 aromatic heterocycles. The van der Waals surface area contributed by atoms with Crippen LogP contribution in [-0.2, 0) is 23.1 Å². The first-order valence-corrected chi connectivity index (χ1v) is 9.25. The maximum Gasteiger partial charge on any atom is 0.228 e. The minimum Gasteiger partial charge on any atom is -0.341 e. The molecule has 0 aliphatic carbocycles. The van der Waals surface area contributed by atoms with Crippen molar-refractivity contribution in [2.45, 2.75) is 39.0 Å². The molecule has 130 valence electrons. The summed E-state index contributed by atoms with van der Waals surface area (Å²) in [5.41, 5.74) is 7.80. The minimum atomic E-state index is 0.0240. The van der Waals surface area contributed by atoms with Crippen molar-refractivity contribution in [1.82, 2.24) is 9.88 Å². The Morgan fingerprint density at radius 3 is 2.50 bits per heavy atom. The van der Waals surface area contributed by atoms with Crippen molar-refractivity contribution < 1.29 is 4.79 Å². The van der Waals surface area contributed by atoms with Gasteiger partial charge in [0.1, 0.15) is 0 Å². The monoisotopic (exact) mass is 345 g/mol. The summed E-state index contributed by atoms with van der Waals surface area (Å²) in [6.07, 6.45) is 1.19. The molecule has 1 heterocycles. The molecule has 0 saturated heterocycles. The Morgan fingerprint density at radius 1 is 1.21 bits per heavy atom. The van der Waals surface area contributed by atoms with E-state index in [-0.39, 0.29) is 11.3 Å². The second-order valence-electron chi connectivity index (χ2n) is 6.98. The van der Waals surface area contributed by atoms with Gasteiger partial charge in [-0.05, 0) is 12.0 Å². The number of amides is 1. The average Bonchev–Trinajstić information content (AvgIpc) is 3.01. The van der Waals surface area contributed by atoms with E-state index in [1.54, 1.807) is 11.3 Å². The SMILES string of the molecule is CC(C)(C)c1nc(CC(=O)N(CCN)CCc2ccccc2)cs1. The van der Waals surface area contributed by atoms with Crippen LogP contribution >= 0.6 is 11.3 Å². The molecular weight excluding hydrogens is 318 g/mol. The lowest BCUT2D eigenvalue weighted by Crippen LogP contribution is -2.38. The van der Waals surface area contributed by atoms with E-state index in [4.69, 9.17) is 5.73 Å². The predicted molar refractivity (Wildman–Crippen MR) is 100 cm³/mol. The van der Waals surface area contributed by atoms with Crippen LogP contribution in [0.4, 0.5) is 0 Å². The van der Waals surface area contributed by atoms with Crippen LogP contribution in [0.3, 0.4) is 0 Å². The van der Waals surface area contributed by atoms with Gasteiger partial charge in [0.2, 0.25) is 5.91 Å². The number of rotatable bonds is 7. The molecule has 1 amide bonds. The molecule has 0 fully saturated rings. The normalized spacial score (nSPS) is 11.5. The average molecular weight is 346 g/mol. The van der Waals surface area contributed by atoms with Gasteiger partial charge in [-0.2, -0.15) is 0 Å². The van der Waals surface area contributed by atoms with E-state index in [0.29, 0.717) is 26.1 Å². The summed E-state index contributed by atoms with van der Waals surface area (Å²) in [6.45, 7) is 8.16. The second kappa shape index (κ2) is 8.40. The Balaban J connectivity index is 1.97. The Bertz CT molecular complexity index is 646. The Labute approximate surface area is 148 Å². The molecule has 2 aromatic rings. The van der Waals surface area contributed by atoms with Gasteiger partial charge in [-0.15, -0.1) is 11.3 Å². The molecule has 0 radical (unpaired) electrons. The number of carbonyl (C=O) groups excluding carboxylic acids is 1. The van der Waals surface area contributed by atoms with Crippen LogP contribution in [0.15, 0.2) is 35.7 Å². The summed E-state index contributed by atoms with van der Waals surface area (Å²) in [5.74, 6) is 0.0992. The van der Waals surface area contributed by atoms with E-state index in [0.717, 1.165) is 17.1 Å². The van der Waals surface area contributed by atoms with Gasteiger partial charge in [0.25, 0.3) is 0 Å². The maximum absolute atomic E-state index is 12.6. The fraction of sp³-hybridized carbons (Fsp3) is 0.474. The van der Waals surface area contributed by atoms with E-state index in [1.807, 2.05) is 28.5 Å². The zero-order valence-electron chi connectivity index (χ0n) is 14.8. The van der Waals surface area contributed by atoms with Crippen LogP contribution in [0, 0.1) is 0 Å². The second-order valence-corrected chi connectivity index (χ2v) is 7.83. The lowest BCUT2D eigenvalue weighted by molar-refractivity contribution is -0.130. The van der Waals surface area contributed by atoms with Crippen LogP contribution in [0.2, 0.25) is 0 Å². The molecule has 1 aromatic carbocycles. The van der Waals surface area contributed by atoms with Gasteiger partial charge in [0.15, 0.2) is 0 Å². The largest absolute Gasteiger partial charge is 0.341 e. The zero-order chi connectivity index (χ0) is 17.6. The van der Waals surface area contributed by atoms with Crippen LogP contribution in [0.1, 0.15) is 37.0 Å². The van der Waals surface area contributed by atoms with Gasteiger partial charge in [0, 0.05) is 30.4 Å². The Morgan fingerprint density at radius 2 is 1.92 bits per heavy atom. The molecule has 24 heavy (non-hydrogen) atoms. The van der Waals surface area contributed by atoms with Crippen LogP contribution in [0.25, 0.3) is 0 Å². The number of aromatic nitrogens is 1. The number of carbonyl (C=O) groups is 1. The molecule has 0 aliphatic heterocycles. The minimum absolute atomic E-state index is 0.0240. The number of thiazole rings is 1. The molecular formula is C19H27N3OS. The molecule has 4 nitrogen and oxygen atoms in total. The van der Waals surface area contributed by atoms with Gasteiger partial charge < -0.3 is 10.6 Å². The number of nitrogens with two attached hydrogens (primary N) is 1. The van der Waals surface area contributed by atoms with Gasteiger partial charge in [-0.1, -0.05) is 51.1 Å². The third-order valence-corrected chi connectivity index (χ3v) is 5.11. The summed E-state index contributed by atoms with van der Waals surface area (Å²) in [4.78, 5) is 19.1. The van der Waals surface area contributed by atoms with Crippen molar-refractivity contribution in [2.24, 2.45) is 5.73 Å². The topological polar surface area (TPSA) is 59.2 Å². The smallest absolute Gasteiger partial charge is 0.228 e. The molecule has 2 N–H and O–H groups in total. The lowest BCUT2D eigenvalue weighted by Gasteiger charge is -2.22. The fourth-order valence-electron chi connectivity index (χ4n) is 2.43. The first-order valence-electron chi connectivity index (χ1n) is 8.37. The van der Waals surface area contributed by atoms with Gasteiger partial charge >= 0.3 is 0 Å². The summed E-state index contributed by atoms with van der Waals surface area (Å²) < 4.78 is 0. The van der Waals surface area contributed by atoms with Crippen LogP contribution in [-0.4, -0.2) is 35.4 Å². The summed E-state index contributed by atoms with van der Waals surface area (Å²) in [5, 5.41) is 3.07. The summed E-state index contributed by atoms with van der Waals surface area (Å²) >= 11 is 1.63. The predicted octanol–water partition coefficient (Wildman–Crippen LogP) is 3.01. The van der Waals surface area contributed by atoms with E-state index in [1.165, 1.54) is 5.56 Å². The van der Waals surface area contributed by atoms with Crippen LogP contribution < -0.4 is 5.73 Å². The van der Waals surface area contributed by atoms with E-state index in [2.05, 4.69) is 37.9 Å². The molecule has 5 heteroatoms. The molecule has 0 aliphatic rings. The van der Waals surface area contributed by atoms with E-state index < -0.39 is 0 Å². The maximum atomic E-state index is 12.6. The lowest BCUT2D eigenvalue weighted by atomic mass is 9.98. The van der Waals surface area contributed by atoms with E-state index >= 15 is 0 Å².